The van der Waals surface area contributed by atoms with Crippen LogP contribution in [0.15, 0.2) is 36.1 Å². The Balaban J connectivity index is 2.31. The molecule has 2 rings (SSSR count). The zero-order valence-electron chi connectivity index (χ0n) is 8.02. The molecule has 2 heterocycles. The summed E-state index contributed by atoms with van der Waals surface area (Å²) in [7, 11) is 1.54. The third kappa shape index (κ3) is 1.18. The molecule has 0 unspecified atom stereocenters. The molecule has 14 heavy (non-hydrogen) atoms. The highest BCUT2D eigenvalue weighted by Gasteiger charge is 2.29. The van der Waals surface area contributed by atoms with E-state index in [0.717, 1.165) is 5.82 Å². The molecule has 0 aliphatic carbocycles. The van der Waals surface area contributed by atoms with Gasteiger partial charge in [0.1, 0.15) is 11.5 Å². The molecule has 2 aliphatic heterocycles. The molecular formula is C9H11N3O2. The SMILES string of the molecule is CON1C=CC=C2NC=C(C(C)=O)N21. The molecule has 0 atom stereocenters. The maximum Gasteiger partial charge on any atom is 0.179 e. The Morgan fingerprint density at radius 2 is 2.36 bits per heavy atom. The molecule has 0 saturated heterocycles. The highest BCUT2D eigenvalue weighted by molar-refractivity contribution is 5.93. The number of ketones is 1. The fraction of sp³-hybridized carbons (Fsp3) is 0.222. The van der Waals surface area contributed by atoms with Crippen LogP contribution in [0.2, 0.25) is 0 Å². The predicted octanol–water partition coefficient (Wildman–Crippen LogP) is 0.469. The minimum absolute atomic E-state index is 0.0155. The molecule has 2 aliphatic rings. The van der Waals surface area contributed by atoms with Crippen LogP contribution in [0, 0.1) is 0 Å². The largest absolute Gasteiger partial charge is 0.344 e. The van der Waals surface area contributed by atoms with Crippen molar-refractivity contribution in [1.82, 2.24) is 15.5 Å². The fourth-order valence-electron chi connectivity index (χ4n) is 1.39. The Labute approximate surface area is 81.8 Å². The topological polar surface area (TPSA) is 44.8 Å². The number of hydroxylamine groups is 1. The molecule has 0 saturated carbocycles. The smallest absolute Gasteiger partial charge is 0.179 e. The van der Waals surface area contributed by atoms with Crippen molar-refractivity contribution in [2.24, 2.45) is 0 Å². The van der Waals surface area contributed by atoms with Crippen molar-refractivity contribution in [2.75, 3.05) is 7.11 Å². The molecule has 0 fully saturated rings. The molecule has 0 bridgehead atoms. The van der Waals surface area contributed by atoms with Crippen molar-refractivity contribution >= 4 is 5.78 Å². The molecule has 0 spiro atoms. The number of nitrogens with zero attached hydrogens (tertiary/aromatic N) is 2. The summed E-state index contributed by atoms with van der Waals surface area (Å²) in [5.74, 6) is 0.790. The summed E-state index contributed by atoms with van der Waals surface area (Å²) in [6, 6.07) is 0. The molecule has 0 aromatic carbocycles. The van der Waals surface area contributed by atoms with Gasteiger partial charge in [-0.15, -0.1) is 0 Å². The monoisotopic (exact) mass is 193 g/mol. The van der Waals surface area contributed by atoms with Crippen LogP contribution in [0.3, 0.4) is 0 Å². The van der Waals surface area contributed by atoms with Crippen LogP contribution in [0.4, 0.5) is 0 Å². The van der Waals surface area contributed by atoms with Gasteiger partial charge in [0.05, 0.1) is 13.3 Å². The second-order valence-corrected chi connectivity index (χ2v) is 2.92. The van der Waals surface area contributed by atoms with Crippen LogP contribution in [0.5, 0.6) is 0 Å². The number of carbonyl (C=O) groups is 1. The molecule has 0 radical (unpaired) electrons. The first-order valence-electron chi connectivity index (χ1n) is 4.23. The van der Waals surface area contributed by atoms with E-state index in [0.29, 0.717) is 5.70 Å². The number of nitrogens with one attached hydrogen (secondary N) is 1. The second kappa shape index (κ2) is 3.19. The van der Waals surface area contributed by atoms with Crippen LogP contribution in [-0.4, -0.2) is 23.1 Å². The van der Waals surface area contributed by atoms with Crippen LogP contribution >= 0.6 is 0 Å². The molecule has 0 aromatic heterocycles. The third-order valence-electron chi connectivity index (χ3n) is 2.03. The zero-order chi connectivity index (χ0) is 10.1. The Morgan fingerprint density at radius 1 is 1.57 bits per heavy atom. The van der Waals surface area contributed by atoms with Gasteiger partial charge in [-0.3, -0.25) is 9.63 Å². The number of hydrogen-bond acceptors (Lipinski definition) is 5. The minimum Gasteiger partial charge on any atom is -0.344 e. The first-order chi connectivity index (χ1) is 6.74. The average Bonchev–Trinajstić information content (AvgIpc) is 2.60. The molecular weight excluding hydrogens is 182 g/mol. The van der Waals surface area contributed by atoms with Gasteiger partial charge in [-0.2, -0.15) is 5.17 Å². The van der Waals surface area contributed by atoms with E-state index >= 15 is 0 Å². The van der Waals surface area contributed by atoms with E-state index in [9.17, 15) is 4.79 Å². The Hall–Kier alpha value is -1.75. The van der Waals surface area contributed by atoms with Crippen molar-refractivity contribution in [3.05, 3.63) is 36.1 Å². The Bertz CT molecular complexity index is 357. The molecule has 74 valence electrons. The number of hydrazine groups is 1. The van der Waals surface area contributed by atoms with E-state index in [1.807, 2.05) is 12.2 Å². The lowest BCUT2D eigenvalue weighted by atomic mass is 10.3. The molecule has 0 amide bonds. The van der Waals surface area contributed by atoms with Crippen molar-refractivity contribution in [2.45, 2.75) is 6.92 Å². The van der Waals surface area contributed by atoms with Gasteiger partial charge in [0.15, 0.2) is 5.78 Å². The average molecular weight is 193 g/mol. The van der Waals surface area contributed by atoms with Gasteiger partial charge in [0, 0.05) is 13.1 Å². The lowest BCUT2D eigenvalue weighted by Crippen LogP contribution is -2.39. The van der Waals surface area contributed by atoms with Gasteiger partial charge in [0.2, 0.25) is 0 Å². The van der Waals surface area contributed by atoms with E-state index in [4.69, 9.17) is 4.84 Å². The summed E-state index contributed by atoms with van der Waals surface area (Å²) in [5, 5.41) is 6.14. The second-order valence-electron chi connectivity index (χ2n) is 2.92. The van der Waals surface area contributed by atoms with Crippen LogP contribution in [0.1, 0.15) is 6.92 Å². The third-order valence-corrected chi connectivity index (χ3v) is 2.03. The number of Topliss-reactive ketones (excluding diaryl/α,β-unsaturated/α-hetero) is 1. The number of rotatable bonds is 2. The van der Waals surface area contributed by atoms with Crippen LogP contribution < -0.4 is 5.32 Å². The lowest BCUT2D eigenvalue weighted by molar-refractivity contribution is -0.202. The standard InChI is InChI=1S/C9H11N3O2/c1-7(13)8-6-10-9-4-3-5-11(14-2)12(8)9/h3-6,10H,1-2H3. The minimum atomic E-state index is -0.0155. The number of allylic oxidation sites excluding steroid dienone is 3. The summed E-state index contributed by atoms with van der Waals surface area (Å²) >= 11 is 0. The summed E-state index contributed by atoms with van der Waals surface area (Å²) in [6.07, 6.45) is 7.08. The first kappa shape index (κ1) is 8.83. The van der Waals surface area contributed by atoms with E-state index in [2.05, 4.69) is 5.32 Å². The molecule has 5 heteroatoms. The molecule has 1 N–H and O–H groups in total. The van der Waals surface area contributed by atoms with Gasteiger partial charge in [-0.05, 0) is 12.2 Å². The van der Waals surface area contributed by atoms with Crippen molar-refractivity contribution in [3.63, 3.8) is 0 Å². The van der Waals surface area contributed by atoms with Gasteiger partial charge in [-0.1, -0.05) is 0 Å². The van der Waals surface area contributed by atoms with Crippen molar-refractivity contribution < 1.29 is 9.63 Å². The molecule has 0 aromatic rings. The van der Waals surface area contributed by atoms with Gasteiger partial charge in [-0.25, -0.2) is 5.01 Å². The lowest BCUT2D eigenvalue weighted by Gasteiger charge is -2.32. The van der Waals surface area contributed by atoms with Gasteiger partial charge >= 0.3 is 0 Å². The van der Waals surface area contributed by atoms with Gasteiger partial charge in [0.25, 0.3) is 0 Å². The summed E-state index contributed by atoms with van der Waals surface area (Å²) in [6.45, 7) is 1.52. The quantitative estimate of drug-likeness (QED) is 0.690. The van der Waals surface area contributed by atoms with E-state index in [-0.39, 0.29) is 5.78 Å². The van der Waals surface area contributed by atoms with E-state index < -0.39 is 0 Å². The Morgan fingerprint density at radius 3 is 3.00 bits per heavy atom. The number of fused-ring (bicyclic) bond motifs is 1. The molecule has 5 nitrogen and oxygen atoms in total. The Kier molecular flexibility index (Phi) is 2.01. The normalized spacial score (nSPS) is 18.7. The van der Waals surface area contributed by atoms with Crippen LogP contribution in [-0.2, 0) is 9.63 Å². The van der Waals surface area contributed by atoms with Crippen LogP contribution in [0.25, 0.3) is 0 Å². The van der Waals surface area contributed by atoms with E-state index in [1.165, 1.54) is 12.1 Å². The zero-order valence-corrected chi connectivity index (χ0v) is 8.02. The highest BCUT2D eigenvalue weighted by Crippen LogP contribution is 2.24. The summed E-state index contributed by atoms with van der Waals surface area (Å²) in [4.78, 5) is 16.4. The predicted molar refractivity (Wildman–Crippen MR) is 49.8 cm³/mol. The van der Waals surface area contributed by atoms with Gasteiger partial charge < -0.3 is 5.32 Å². The maximum atomic E-state index is 11.3. The summed E-state index contributed by atoms with van der Waals surface area (Å²) in [5.41, 5.74) is 0.558. The summed E-state index contributed by atoms with van der Waals surface area (Å²) < 4.78 is 0. The number of hydrogen-bond donors (Lipinski definition) is 1. The van der Waals surface area contributed by atoms with Crippen molar-refractivity contribution in [1.29, 1.82) is 0 Å². The van der Waals surface area contributed by atoms with E-state index in [1.54, 1.807) is 24.5 Å². The highest BCUT2D eigenvalue weighted by atomic mass is 16.7. The maximum absolute atomic E-state index is 11.3. The number of carbonyl (C=O) groups excluding carboxylic acids is 1. The van der Waals surface area contributed by atoms with Crippen molar-refractivity contribution in [3.8, 4) is 0 Å². The first-order valence-corrected chi connectivity index (χ1v) is 4.23. The fourth-order valence-corrected chi connectivity index (χ4v) is 1.39.